The molecule has 1 saturated heterocycles. The van der Waals surface area contributed by atoms with Gasteiger partial charge in [0.1, 0.15) is 0 Å². The van der Waals surface area contributed by atoms with Crippen molar-refractivity contribution in [2.75, 3.05) is 18.4 Å². The standard InChI is InChI=1S/C22H26N2O3/c1-14-12-24(13-22(2,3)27-14)21(26)18-10-16-6-4-5-7-17(16)11-19(18)23-20(25)15-8-9-15/h4-7,10-11,14-15H,8-9,12-13H2,1-3H3,(H,23,25)/t14-/m0/s1. The molecule has 2 fully saturated rings. The molecule has 2 amide bonds. The highest BCUT2D eigenvalue weighted by Gasteiger charge is 2.35. The van der Waals surface area contributed by atoms with Crippen molar-refractivity contribution in [3.63, 3.8) is 0 Å². The van der Waals surface area contributed by atoms with Crippen LogP contribution in [0.2, 0.25) is 0 Å². The second-order valence-electron chi connectivity index (χ2n) is 8.38. The van der Waals surface area contributed by atoms with Gasteiger partial charge in [-0.25, -0.2) is 0 Å². The van der Waals surface area contributed by atoms with Crippen molar-refractivity contribution >= 4 is 28.3 Å². The van der Waals surface area contributed by atoms with Crippen LogP contribution in [-0.2, 0) is 9.53 Å². The van der Waals surface area contributed by atoms with E-state index in [2.05, 4.69) is 5.32 Å². The van der Waals surface area contributed by atoms with Crippen LogP contribution < -0.4 is 5.32 Å². The first kappa shape index (κ1) is 18.0. The second-order valence-corrected chi connectivity index (χ2v) is 8.38. The number of fused-ring (bicyclic) bond motifs is 1. The summed E-state index contributed by atoms with van der Waals surface area (Å²) in [5.74, 6) is 0.0341. The normalized spacial score (nSPS) is 21.9. The molecular formula is C22H26N2O3. The van der Waals surface area contributed by atoms with Crippen molar-refractivity contribution in [2.45, 2.75) is 45.3 Å². The van der Waals surface area contributed by atoms with Crippen molar-refractivity contribution in [1.82, 2.24) is 4.90 Å². The van der Waals surface area contributed by atoms with E-state index in [9.17, 15) is 9.59 Å². The lowest BCUT2D eigenvalue weighted by Gasteiger charge is -2.41. The van der Waals surface area contributed by atoms with E-state index in [0.717, 1.165) is 23.6 Å². The van der Waals surface area contributed by atoms with E-state index in [4.69, 9.17) is 4.74 Å². The lowest BCUT2D eigenvalue weighted by Crippen LogP contribution is -2.53. The third-order valence-electron chi connectivity index (χ3n) is 5.18. The van der Waals surface area contributed by atoms with E-state index in [0.29, 0.717) is 24.3 Å². The number of morpholine rings is 1. The van der Waals surface area contributed by atoms with Crippen LogP contribution in [0.1, 0.15) is 44.0 Å². The zero-order valence-electron chi connectivity index (χ0n) is 16.1. The highest BCUT2D eigenvalue weighted by atomic mass is 16.5. The topological polar surface area (TPSA) is 58.6 Å². The Bertz CT molecular complexity index is 902. The van der Waals surface area contributed by atoms with Gasteiger partial charge in [0.05, 0.1) is 23.0 Å². The maximum Gasteiger partial charge on any atom is 0.256 e. The molecule has 5 heteroatoms. The molecular weight excluding hydrogens is 340 g/mol. The third-order valence-corrected chi connectivity index (χ3v) is 5.18. The zero-order valence-corrected chi connectivity index (χ0v) is 16.1. The van der Waals surface area contributed by atoms with Crippen LogP contribution in [0.5, 0.6) is 0 Å². The largest absolute Gasteiger partial charge is 0.369 e. The Hall–Kier alpha value is -2.40. The van der Waals surface area contributed by atoms with Crippen molar-refractivity contribution in [3.05, 3.63) is 42.0 Å². The molecule has 142 valence electrons. The van der Waals surface area contributed by atoms with E-state index in [1.54, 1.807) is 0 Å². The monoisotopic (exact) mass is 366 g/mol. The van der Waals surface area contributed by atoms with Crippen LogP contribution in [0.4, 0.5) is 5.69 Å². The van der Waals surface area contributed by atoms with Gasteiger partial charge in [-0.05, 0) is 56.5 Å². The van der Waals surface area contributed by atoms with E-state index in [-0.39, 0.29) is 29.4 Å². The number of benzene rings is 2. The predicted molar refractivity (Wildman–Crippen MR) is 106 cm³/mol. The molecule has 1 N–H and O–H groups in total. The molecule has 1 heterocycles. The fourth-order valence-electron chi connectivity index (χ4n) is 3.88. The van der Waals surface area contributed by atoms with E-state index < -0.39 is 0 Å². The first-order chi connectivity index (χ1) is 12.8. The van der Waals surface area contributed by atoms with Crippen LogP contribution >= 0.6 is 0 Å². The Morgan fingerprint density at radius 3 is 2.44 bits per heavy atom. The average Bonchev–Trinajstić information content (AvgIpc) is 3.44. The minimum Gasteiger partial charge on any atom is -0.369 e. The third kappa shape index (κ3) is 3.83. The lowest BCUT2D eigenvalue weighted by molar-refractivity contribution is -0.119. The minimum atomic E-state index is -0.387. The van der Waals surface area contributed by atoms with Gasteiger partial charge >= 0.3 is 0 Å². The van der Waals surface area contributed by atoms with Gasteiger partial charge in [0.15, 0.2) is 0 Å². The van der Waals surface area contributed by atoms with E-state index >= 15 is 0 Å². The van der Waals surface area contributed by atoms with E-state index in [1.165, 1.54) is 0 Å². The molecule has 2 aliphatic rings. The van der Waals surface area contributed by atoms with Crippen molar-refractivity contribution in [3.8, 4) is 0 Å². The number of carbonyl (C=O) groups excluding carboxylic acids is 2. The molecule has 4 rings (SSSR count). The van der Waals surface area contributed by atoms with Crippen LogP contribution in [0.15, 0.2) is 36.4 Å². The van der Waals surface area contributed by atoms with Gasteiger partial charge in [0, 0.05) is 19.0 Å². The van der Waals surface area contributed by atoms with Crippen molar-refractivity contribution in [2.24, 2.45) is 5.92 Å². The van der Waals surface area contributed by atoms with Gasteiger partial charge in [-0.15, -0.1) is 0 Å². The molecule has 1 atom stereocenters. The van der Waals surface area contributed by atoms with Crippen LogP contribution in [0.3, 0.4) is 0 Å². The number of amides is 2. The molecule has 2 aromatic rings. The van der Waals surface area contributed by atoms with Gasteiger partial charge in [0.25, 0.3) is 5.91 Å². The fourth-order valence-corrected chi connectivity index (χ4v) is 3.88. The number of hydrogen-bond donors (Lipinski definition) is 1. The van der Waals surface area contributed by atoms with Gasteiger partial charge in [-0.3, -0.25) is 9.59 Å². The number of nitrogens with one attached hydrogen (secondary N) is 1. The molecule has 0 radical (unpaired) electrons. The quantitative estimate of drug-likeness (QED) is 0.898. The molecule has 1 saturated carbocycles. The first-order valence-corrected chi connectivity index (χ1v) is 9.63. The summed E-state index contributed by atoms with van der Waals surface area (Å²) in [6.45, 7) is 7.06. The predicted octanol–water partition coefficient (Wildman–Crippen LogP) is 3.83. The molecule has 0 spiro atoms. The zero-order chi connectivity index (χ0) is 19.2. The summed E-state index contributed by atoms with van der Waals surface area (Å²) in [5, 5.41) is 5.00. The van der Waals surface area contributed by atoms with Crippen LogP contribution in [-0.4, -0.2) is 41.5 Å². The summed E-state index contributed by atoms with van der Waals surface area (Å²) in [5.41, 5.74) is 0.766. The van der Waals surface area contributed by atoms with Crippen LogP contribution in [0, 0.1) is 5.92 Å². The molecule has 0 unspecified atom stereocenters. The second kappa shape index (κ2) is 6.64. The van der Waals surface area contributed by atoms with Crippen molar-refractivity contribution < 1.29 is 14.3 Å². The smallest absolute Gasteiger partial charge is 0.256 e. The Morgan fingerprint density at radius 1 is 1.15 bits per heavy atom. The maximum atomic E-state index is 13.4. The first-order valence-electron chi connectivity index (χ1n) is 9.63. The molecule has 27 heavy (non-hydrogen) atoms. The molecule has 5 nitrogen and oxygen atoms in total. The summed E-state index contributed by atoms with van der Waals surface area (Å²) >= 11 is 0. The number of carbonyl (C=O) groups is 2. The number of rotatable bonds is 3. The van der Waals surface area contributed by atoms with Gasteiger partial charge < -0.3 is 15.0 Å². The van der Waals surface area contributed by atoms with E-state index in [1.807, 2.05) is 62.1 Å². The van der Waals surface area contributed by atoms with Crippen molar-refractivity contribution in [1.29, 1.82) is 0 Å². The molecule has 2 aromatic carbocycles. The molecule has 1 aliphatic carbocycles. The summed E-state index contributed by atoms with van der Waals surface area (Å²) in [6, 6.07) is 11.7. The molecule has 0 bridgehead atoms. The molecule has 0 aromatic heterocycles. The van der Waals surface area contributed by atoms with Gasteiger partial charge in [-0.1, -0.05) is 24.3 Å². The highest BCUT2D eigenvalue weighted by molar-refractivity contribution is 6.08. The summed E-state index contributed by atoms with van der Waals surface area (Å²) < 4.78 is 5.93. The average molecular weight is 366 g/mol. The maximum absolute atomic E-state index is 13.4. The Balaban J connectivity index is 1.71. The number of hydrogen-bond acceptors (Lipinski definition) is 3. The highest BCUT2D eigenvalue weighted by Crippen LogP contribution is 2.33. The Labute approximate surface area is 159 Å². The molecule has 1 aliphatic heterocycles. The van der Waals surface area contributed by atoms with Crippen LogP contribution in [0.25, 0.3) is 10.8 Å². The summed E-state index contributed by atoms with van der Waals surface area (Å²) in [6.07, 6.45) is 1.83. The fraction of sp³-hybridized carbons (Fsp3) is 0.455. The Morgan fingerprint density at radius 2 is 1.81 bits per heavy atom. The number of ether oxygens (including phenoxy) is 1. The Kier molecular flexibility index (Phi) is 4.42. The lowest BCUT2D eigenvalue weighted by atomic mass is 10.0. The number of nitrogens with zero attached hydrogens (tertiary/aromatic N) is 1. The minimum absolute atomic E-state index is 0.00927. The SMILES string of the molecule is C[C@H]1CN(C(=O)c2cc3ccccc3cc2NC(=O)C2CC2)CC(C)(C)O1. The van der Waals surface area contributed by atoms with Gasteiger partial charge in [-0.2, -0.15) is 0 Å². The summed E-state index contributed by atoms with van der Waals surface area (Å²) in [4.78, 5) is 27.6. The number of anilines is 1. The van der Waals surface area contributed by atoms with Gasteiger partial charge in [0.2, 0.25) is 5.91 Å². The summed E-state index contributed by atoms with van der Waals surface area (Å²) in [7, 11) is 0.